The van der Waals surface area contributed by atoms with Crippen LogP contribution < -0.4 is 5.32 Å². The third-order valence-electron chi connectivity index (χ3n) is 5.70. The second-order valence-electron chi connectivity index (χ2n) is 7.42. The number of imide groups is 1. The highest BCUT2D eigenvalue weighted by Crippen LogP contribution is 2.34. The lowest BCUT2D eigenvalue weighted by Crippen LogP contribution is -2.54. The topological polar surface area (TPSA) is 82.6 Å². The number of thioether (sulfide) groups is 1. The first kappa shape index (κ1) is 20.4. The van der Waals surface area contributed by atoms with Crippen molar-refractivity contribution in [3.63, 3.8) is 0 Å². The minimum atomic E-state index is -0.922. The van der Waals surface area contributed by atoms with Gasteiger partial charge in [0.25, 0.3) is 11.8 Å². The number of carbonyl (C=O) groups excluding carboxylic acids is 3. The Morgan fingerprint density at radius 1 is 1.34 bits per heavy atom. The van der Waals surface area contributed by atoms with Gasteiger partial charge in [-0.15, -0.1) is 11.3 Å². The number of piperidine rings is 1. The Balaban J connectivity index is 1.40. The van der Waals surface area contributed by atoms with Crippen molar-refractivity contribution < 1.29 is 14.4 Å². The van der Waals surface area contributed by atoms with Crippen LogP contribution in [0.15, 0.2) is 26.5 Å². The van der Waals surface area contributed by atoms with Crippen molar-refractivity contribution >= 4 is 52.3 Å². The number of aromatic nitrogens is 1. The average molecular weight is 451 g/mol. The van der Waals surface area contributed by atoms with Crippen LogP contribution in [-0.2, 0) is 11.3 Å². The Morgan fingerprint density at radius 3 is 2.72 bits per heavy atom. The largest absolute Gasteiger partial charge is 0.337 e. The second kappa shape index (κ2) is 8.08. The molecule has 0 spiro atoms. The normalized spacial score (nSPS) is 23.0. The summed E-state index contributed by atoms with van der Waals surface area (Å²) < 4.78 is 0.876. The van der Waals surface area contributed by atoms with E-state index in [-0.39, 0.29) is 23.8 Å². The molecule has 1 atom stereocenters. The molecule has 2 aromatic heterocycles. The Bertz CT molecular complexity index is 921. The first-order valence-electron chi connectivity index (χ1n) is 9.36. The van der Waals surface area contributed by atoms with Gasteiger partial charge in [-0.05, 0) is 54.3 Å². The van der Waals surface area contributed by atoms with E-state index in [1.54, 1.807) is 21.6 Å². The summed E-state index contributed by atoms with van der Waals surface area (Å²) in [6.07, 6.45) is 3.27. The van der Waals surface area contributed by atoms with Gasteiger partial charge in [-0.1, -0.05) is 11.8 Å². The van der Waals surface area contributed by atoms with E-state index in [0.29, 0.717) is 38.2 Å². The number of amides is 4. The van der Waals surface area contributed by atoms with Gasteiger partial charge in [0.2, 0.25) is 0 Å². The first-order chi connectivity index (χ1) is 13.9. The van der Waals surface area contributed by atoms with Crippen LogP contribution in [0, 0.1) is 5.92 Å². The number of thiophene rings is 1. The van der Waals surface area contributed by atoms with E-state index in [0.717, 1.165) is 9.90 Å². The van der Waals surface area contributed by atoms with Crippen LogP contribution in [0.3, 0.4) is 0 Å². The lowest BCUT2D eigenvalue weighted by Gasteiger charge is -2.38. The molecule has 154 valence electrons. The summed E-state index contributed by atoms with van der Waals surface area (Å²) in [6.45, 7) is 3.22. The molecule has 0 radical (unpaired) electrons. The Morgan fingerprint density at radius 2 is 2.10 bits per heavy atom. The monoisotopic (exact) mass is 450 g/mol. The predicted octanol–water partition coefficient (Wildman–Crippen LogP) is 3.29. The first-order valence-corrected chi connectivity index (χ1v) is 12.4. The third kappa shape index (κ3) is 3.80. The van der Waals surface area contributed by atoms with Crippen molar-refractivity contribution in [1.82, 2.24) is 20.1 Å². The molecule has 0 bridgehead atoms. The van der Waals surface area contributed by atoms with Gasteiger partial charge < -0.3 is 10.2 Å². The van der Waals surface area contributed by atoms with E-state index in [9.17, 15) is 14.4 Å². The average Bonchev–Trinajstić information content (AvgIpc) is 3.46. The van der Waals surface area contributed by atoms with Gasteiger partial charge in [0.1, 0.15) is 15.6 Å². The summed E-state index contributed by atoms with van der Waals surface area (Å²) >= 11 is 4.54. The number of urea groups is 1. The van der Waals surface area contributed by atoms with Crippen LogP contribution in [0.4, 0.5) is 4.79 Å². The number of carbonyl (C=O) groups is 3. The molecule has 2 aromatic rings. The number of nitrogens with zero attached hydrogens (tertiary/aromatic N) is 3. The van der Waals surface area contributed by atoms with E-state index in [1.165, 1.54) is 28.0 Å². The molecule has 2 aliphatic heterocycles. The maximum absolute atomic E-state index is 13.1. The summed E-state index contributed by atoms with van der Waals surface area (Å²) in [6, 6.07) is 1.58. The minimum absolute atomic E-state index is 0.00679. The summed E-state index contributed by atoms with van der Waals surface area (Å²) in [4.78, 5) is 45.7. The van der Waals surface area contributed by atoms with Crippen molar-refractivity contribution in [1.29, 1.82) is 0 Å². The number of nitrogens with one attached hydrogen (secondary N) is 1. The lowest BCUT2D eigenvalue weighted by molar-refractivity contribution is -0.133. The van der Waals surface area contributed by atoms with Crippen LogP contribution in [0.2, 0.25) is 0 Å². The highest BCUT2D eigenvalue weighted by atomic mass is 32.2. The van der Waals surface area contributed by atoms with Gasteiger partial charge in [0.15, 0.2) is 0 Å². The maximum atomic E-state index is 13.1. The van der Waals surface area contributed by atoms with E-state index >= 15 is 0 Å². The molecule has 1 unspecified atom stereocenters. The van der Waals surface area contributed by atoms with Crippen LogP contribution in [0.5, 0.6) is 0 Å². The highest BCUT2D eigenvalue weighted by molar-refractivity contribution is 8.00. The number of hydrogen-bond donors (Lipinski definition) is 1. The fourth-order valence-electron chi connectivity index (χ4n) is 3.97. The van der Waals surface area contributed by atoms with Crippen LogP contribution in [0.25, 0.3) is 0 Å². The van der Waals surface area contributed by atoms with Crippen LogP contribution in [0.1, 0.15) is 35.8 Å². The van der Waals surface area contributed by atoms with E-state index in [1.807, 2.05) is 30.0 Å². The number of thiazole rings is 1. The third-order valence-corrected chi connectivity index (χ3v) is 8.29. The molecule has 10 heteroatoms. The zero-order chi connectivity index (χ0) is 20.6. The van der Waals surface area contributed by atoms with Gasteiger partial charge in [-0.3, -0.25) is 14.5 Å². The van der Waals surface area contributed by atoms with Crippen molar-refractivity contribution in [2.45, 2.75) is 36.2 Å². The molecule has 4 rings (SSSR count). The molecule has 7 nitrogen and oxygen atoms in total. The summed E-state index contributed by atoms with van der Waals surface area (Å²) in [5.74, 6) is -0.249. The SMILES string of the molecule is CSc1nc(C(=O)N2CCC(C3(C)NC(=O)N(Cc4ccsc4)C3=O)CC2)cs1. The van der Waals surface area contributed by atoms with E-state index in [2.05, 4.69) is 10.3 Å². The molecule has 0 saturated carbocycles. The molecular formula is C19H22N4O3S3. The zero-order valence-corrected chi connectivity index (χ0v) is 18.7. The van der Waals surface area contributed by atoms with Gasteiger partial charge in [-0.2, -0.15) is 11.3 Å². The molecule has 2 aliphatic rings. The Hall–Kier alpha value is -1.91. The molecule has 4 amide bonds. The van der Waals surface area contributed by atoms with Gasteiger partial charge in [0.05, 0.1) is 6.54 Å². The molecular weight excluding hydrogens is 428 g/mol. The summed E-state index contributed by atoms with van der Waals surface area (Å²) in [7, 11) is 0. The lowest BCUT2D eigenvalue weighted by atomic mass is 9.79. The Labute approximate surface area is 181 Å². The number of likely N-dealkylation sites (tertiary alicyclic amines) is 1. The zero-order valence-electron chi connectivity index (χ0n) is 16.2. The molecule has 2 fully saturated rings. The summed E-state index contributed by atoms with van der Waals surface area (Å²) in [5, 5.41) is 8.60. The molecule has 0 aromatic carbocycles. The van der Waals surface area contributed by atoms with E-state index < -0.39 is 5.54 Å². The standard InChI is InChI=1S/C19H22N4O3S3/c1-19(16(25)23(17(26)21-19)9-12-5-8-28-10-12)13-3-6-22(7-4-13)15(24)14-11-29-18(20-14)27-2/h5,8,10-11,13H,3-4,6-7,9H2,1-2H3,(H,21,26). The number of rotatable bonds is 5. The molecule has 29 heavy (non-hydrogen) atoms. The molecule has 0 aliphatic carbocycles. The Kier molecular flexibility index (Phi) is 5.67. The quantitative estimate of drug-likeness (QED) is 0.558. The molecule has 2 saturated heterocycles. The fraction of sp³-hybridized carbons (Fsp3) is 0.474. The fourth-order valence-corrected chi connectivity index (χ4v) is 5.87. The van der Waals surface area contributed by atoms with Gasteiger partial charge in [-0.25, -0.2) is 9.78 Å². The molecule has 1 N–H and O–H groups in total. The molecule has 4 heterocycles. The highest BCUT2D eigenvalue weighted by Gasteiger charge is 2.52. The maximum Gasteiger partial charge on any atom is 0.325 e. The predicted molar refractivity (Wildman–Crippen MR) is 114 cm³/mol. The van der Waals surface area contributed by atoms with Crippen molar-refractivity contribution in [3.8, 4) is 0 Å². The van der Waals surface area contributed by atoms with E-state index in [4.69, 9.17) is 0 Å². The minimum Gasteiger partial charge on any atom is -0.337 e. The number of hydrogen-bond acceptors (Lipinski definition) is 7. The summed E-state index contributed by atoms with van der Waals surface area (Å²) in [5.41, 5.74) is 0.516. The smallest absolute Gasteiger partial charge is 0.325 e. The van der Waals surface area contributed by atoms with Gasteiger partial charge in [0, 0.05) is 18.5 Å². The van der Waals surface area contributed by atoms with Crippen LogP contribution >= 0.6 is 34.4 Å². The van der Waals surface area contributed by atoms with Crippen molar-refractivity contribution in [2.75, 3.05) is 19.3 Å². The van der Waals surface area contributed by atoms with Gasteiger partial charge >= 0.3 is 6.03 Å². The van der Waals surface area contributed by atoms with Crippen molar-refractivity contribution in [2.24, 2.45) is 5.92 Å². The van der Waals surface area contributed by atoms with Crippen LogP contribution in [-0.4, -0.2) is 57.5 Å². The second-order valence-corrected chi connectivity index (χ2v) is 10.1. The van der Waals surface area contributed by atoms with Crippen molar-refractivity contribution in [3.05, 3.63) is 33.5 Å².